The van der Waals surface area contributed by atoms with Crippen molar-refractivity contribution in [3.8, 4) is 5.75 Å². The Balaban J connectivity index is 2.39. The Hall–Kier alpha value is -0.461. The molecule has 0 atom stereocenters. The third-order valence-corrected chi connectivity index (χ3v) is 8.04. The molecule has 0 fully saturated rings. The molecule has 0 radical (unpaired) electrons. The minimum atomic E-state index is -0.0242. The summed E-state index contributed by atoms with van der Waals surface area (Å²) in [7, 11) is 0. The van der Waals surface area contributed by atoms with Crippen LogP contribution in [0.4, 0.5) is 0 Å². The van der Waals surface area contributed by atoms with Gasteiger partial charge in [-0.2, -0.15) is 0 Å². The van der Waals surface area contributed by atoms with E-state index in [4.69, 9.17) is 0 Å². The summed E-state index contributed by atoms with van der Waals surface area (Å²) in [6, 6.07) is 4.54. The van der Waals surface area contributed by atoms with Crippen LogP contribution in [0.2, 0.25) is 5.32 Å². The molecule has 0 bridgehead atoms. The molecule has 0 saturated carbocycles. The Kier molecular flexibility index (Phi) is 12.0. The zero-order chi connectivity index (χ0) is 21.9. The van der Waals surface area contributed by atoms with Crippen molar-refractivity contribution in [2.24, 2.45) is 0 Å². The predicted molar refractivity (Wildman–Crippen MR) is 132 cm³/mol. The molecule has 0 aliphatic rings. The maximum atomic E-state index is 10.9. The summed E-state index contributed by atoms with van der Waals surface area (Å²) in [4.78, 5) is 0. The number of aromatic hydroxyl groups is 1. The van der Waals surface area contributed by atoms with Crippen LogP contribution in [0.1, 0.15) is 129 Å². The van der Waals surface area contributed by atoms with Gasteiger partial charge in [-0.15, -0.1) is 0 Å². The van der Waals surface area contributed by atoms with Crippen molar-refractivity contribution in [1.29, 1.82) is 0 Å². The second-order valence-electron chi connectivity index (χ2n) is 10.8. The summed E-state index contributed by atoms with van der Waals surface area (Å²) in [5.41, 5.74) is 3.59. The molecule has 0 amide bonds. The summed E-state index contributed by atoms with van der Waals surface area (Å²) < 4.78 is 0. The van der Waals surface area contributed by atoms with Crippen molar-refractivity contribution in [3.05, 3.63) is 28.8 Å². The zero-order valence-electron chi connectivity index (χ0n) is 20.5. The second kappa shape index (κ2) is 13.1. The Morgan fingerprint density at radius 1 is 0.690 bits per heavy atom. The first-order valence-corrected chi connectivity index (χ1v) is 14.4. The van der Waals surface area contributed by atoms with Crippen LogP contribution in [0.5, 0.6) is 5.75 Å². The molecule has 0 saturated heterocycles. The summed E-state index contributed by atoms with van der Waals surface area (Å²) in [5, 5.41) is 13.4. The monoisotopic (exact) mass is 468 g/mol. The molecule has 1 rings (SSSR count). The summed E-state index contributed by atoms with van der Waals surface area (Å²) in [6.07, 6.45) is 14.2. The van der Waals surface area contributed by atoms with Crippen molar-refractivity contribution in [3.63, 3.8) is 0 Å². The van der Waals surface area contributed by atoms with Gasteiger partial charge in [0.25, 0.3) is 0 Å². The van der Waals surface area contributed by atoms with Gasteiger partial charge in [-0.25, -0.2) is 0 Å². The average Bonchev–Trinajstić information content (AvgIpc) is 2.61. The number of benzene rings is 1. The van der Waals surface area contributed by atoms with Gasteiger partial charge < -0.3 is 0 Å². The first kappa shape index (κ1) is 26.6. The molecule has 0 aliphatic heterocycles. The summed E-state index contributed by atoms with van der Waals surface area (Å²) in [5.74, 6) is 0.510. The number of phenolic OH excluding ortho intramolecular Hbond substituents is 1. The molecule has 0 heterocycles. The first-order chi connectivity index (χ1) is 13.6. The Morgan fingerprint density at radius 3 is 1.52 bits per heavy atom. The number of hydrogen-bond donors (Lipinski definition) is 1. The van der Waals surface area contributed by atoms with Crippen LogP contribution in [0.25, 0.3) is 0 Å². The first-order valence-electron chi connectivity index (χ1n) is 12.0. The van der Waals surface area contributed by atoms with Crippen molar-refractivity contribution in [1.82, 2.24) is 0 Å². The van der Waals surface area contributed by atoms with Crippen LogP contribution in [0.3, 0.4) is 0 Å². The number of rotatable bonds is 13. The Bertz CT molecular complexity index is 542. The molecular weight excluding hydrogens is 419 g/mol. The fourth-order valence-corrected chi connectivity index (χ4v) is 5.81. The molecule has 0 unspecified atom stereocenters. The Morgan fingerprint density at radius 2 is 1.10 bits per heavy atom. The van der Waals surface area contributed by atoms with E-state index in [1.807, 2.05) is 0 Å². The van der Waals surface area contributed by atoms with Crippen LogP contribution in [0, 0.1) is 0 Å². The molecule has 0 aromatic heterocycles. The molecule has 2 heteroatoms. The molecule has 1 aromatic rings. The predicted octanol–water partition coefficient (Wildman–Crippen LogP) is 8.53. The van der Waals surface area contributed by atoms with Gasteiger partial charge in [0.05, 0.1) is 0 Å². The van der Waals surface area contributed by atoms with E-state index >= 15 is 0 Å². The van der Waals surface area contributed by atoms with Gasteiger partial charge in [-0.05, 0) is 0 Å². The van der Waals surface area contributed by atoms with E-state index in [0.717, 1.165) is 11.1 Å². The molecule has 1 N–H and O–H groups in total. The average molecular weight is 468 g/mol. The third kappa shape index (κ3) is 10.4. The topological polar surface area (TPSA) is 20.2 Å². The van der Waals surface area contributed by atoms with Gasteiger partial charge in [0.2, 0.25) is 0 Å². The van der Waals surface area contributed by atoms with Gasteiger partial charge in [-0.3, -0.25) is 0 Å². The quantitative estimate of drug-likeness (QED) is 0.228. The fourth-order valence-electron chi connectivity index (χ4n) is 3.80. The molecule has 1 aromatic carbocycles. The number of phenols is 1. The van der Waals surface area contributed by atoms with Crippen molar-refractivity contribution in [2.75, 3.05) is 0 Å². The van der Waals surface area contributed by atoms with E-state index in [-0.39, 0.29) is 10.8 Å². The van der Waals surface area contributed by atoms with Gasteiger partial charge in [0.15, 0.2) is 0 Å². The van der Waals surface area contributed by atoms with Crippen LogP contribution in [-0.2, 0) is 16.1 Å². The summed E-state index contributed by atoms with van der Waals surface area (Å²) in [6.45, 7) is 15.5. The Labute approximate surface area is 188 Å². The van der Waals surface area contributed by atoms with E-state index in [1.165, 1.54) is 80.4 Å². The molecule has 0 aliphatic carbocycles. The van der Waals surface area contributed by atoms with Gasteiger partial charge in [-0.1, -0.05) is 0 Å². The van der Waals surface area contributed by atoms with E-state index in [0.29, 0.717) is 20.7 Å². The SMILES string of the molecule is CCCCCCCCCCCC[Se]Cc1cc(C(C)(C)C)c(O)c(C(C)(C)C)c1. The van der Waals surface area contributed by atoms with Crippen LogP contribution in [0.15, 0.2) is 12.1 Å². The third-order valence-electron chi connectivity index (χ3n) is 5.70. The van der Waals surface area contributed by atoms with Crippen molar-refractivity contribution in [2.45, 2.75) is 134 Å². The van der Waals surface area contributed by atoms with Crippen LogP contribution in [-0.4, -0.2) is 20.1 Å². The fraction of sp³-hybridized carbons (Fsp3) is 0.778. The van der Waals surface area contributed by atoms with Gasteiger partial charge in [0.1, 0.15) is 0 Å². The van der Waals surface area contributed by atoms with E-state index in [2.05, 4.69) is 60.6 Å². The van der Waals surface area contributed by atoms with Crippen molar-refractivity contribution < 1.29 is 5.11 Å². The number of hydrogen-bond acceptors (Lipinski definition) is 1. The normalized spacial score (nSPS) is 12.5. The van der Waals surface area contributed by atoms with E-state index < -0.39 is 0 Å². The standard InChI is InChI=1S/C27H48OSe/c1-8-9-10-11-12-13-14-15-16-17-18-29-21-22-19-23(26(2,3)4)25(28)24(20-22)27(5,6)7/h19-20,28H,8-18,21H2,1-7H3. The van der Waals surface area contributed by atoms with Gasteiger partial charge >= 0.3 is 189 Å². The van der Waals surface area contributed by atoms with Crippen molar-refractivity contribution >= 4 is 15.0 Å². The molecule has 29 heavy (non-hydrogen) atoms. The minimum absolute atomic E-state index is 0.0242. The van der Waals surface area contributed by atoms with E-state index in [1.54, 1.807) is 0 Å². The molecule has 1 nitrogen and oxygen atoms in total. The molecular formula is C27H48OSe. The molecule has 0 spiro atoms. The summed E-state index contributed by atoms with van der Waals surface area (Å²) >= 11 is 0.668. The van der Waals surface area contributed by atoms with Crippen LogP contribution < -0.4 is 0 Å². The zero-order valence-corrected chi connectivity index (χ0v) is 22.2. The second-order valence-corrected chi connectivity index (χ2v) is 13.1. The van der Waals surface area contributed by atoms with E-state index in [9.17, 15) is 5.11 Å². The maximum absolute atomic E-state index is 10.9. The molecule has 168 valence electrons. The number of unbranched alkanes of at least 4 members (excludes halogenated alkanes) is 9. The van der Waals surface area contributed by atoms with Gasteiger partial charge in [0, 0.05) is 0 Å². The van der Waals surface area contributed by atoms with Crippen LogP contribution >= 0.6 is 0 Å².